The molecule has 0 aromatic carbocycles. The zero-order chi connectivity index (χ0) is 14.1. The predicted octanol–water partition coefficient (Wildman–Crippen LogP) is 3.47. The number of halogens is 4. The number of alkyl halides is 3. The molecule has 102 valence electrons. The Kier molecular flexibility index (Phi) is 4.47. The maximum Gasteiger partial charge on any atom is 0.406 e. The third-order valence-corrected chi connectivity index (χ3v) is 2.79. The topological polar surface area (TPSA) is 25.2 Å². The number of amides is 1. The van der Waals surface area contributed by atoms with Crippen LogP contribution >= 0.6 is 15.9 Å². The largest absolute Gasteiger partial charge is 0.406 e. The minimum atomic E-state index is -4.39. The maximum absolute atomic E-state index is 12.2. The van der Waals surface area contributed by atoms with Gasteiger partial charge < -0.3 is 9.47 Å². The smallest absolute Gasteiger partial charge is 0.340 e. The van der Waals surface area contributed by atoms with E-state index in [-0.39, 0.29) is 11.7 Å². The van der Waals surface area contributed by atoms with Crippen LogP contribution in [0.25, 0.3) is 0 Å². The molecule has 0 unspecified atom stereocenters. The van der Waals surface area contributed by atoms with Crippen molar-refractivity contribution in [1.29, 1.82) is 0 Å². The first-order valence-corrected chi connectivity index (χ1v) is 6.10. The Balaban J connectivity index is 2.97. The van der Waals surface area contributed by atoms with E-state index in [1.165, 1.54) is 6.07 Å². The highest BCUT2D eigenvalue weighted by Crippen LogP contribution is 2.22. The van der Waals surface area contributed by atoms with Gasteiger partial charge in [0.15, 0.2) is 0 Å². The van der Waals surface area contributed by atoms with E-state index in [4.69, 9.17) is 0 Å². The molecule has 1 rings (SSSR count). The summed E-state index contributed by atoms with van der Waals surface area (Å²) < 4.78 is 39.0. The molecule has 0 bridgehead atoms. The summed E-state index contributed by atoms with van der Waals surface area (Å²) in [5, 5.41) is 0. The molecule has 0 aliphatic heterocycles. The lowest BCUT2D eigenvalue weighted by Crippen LogP contribution is -2.36. The second-order valence-electron chi connectivity index (χ2n) is 4.32. The van der Waals surface area contributed by atoms with E-state index < -0.39 is 18.6 Å². The molecule has 3 nitrogen and oxygen atoms in total. The second kappa shape index (κ2) is 5.34. The predicted molar refractivity (Wildman–Crippen MR) is 65.5 cm³/mol. The molecule has 0 saturated heterocycles. The van der Waals surface area contributed by atoms with Crippen molar-refractivity contribution in [3.05, 3.63) is 22.4 Å². The molecular weight excluding hydrogens is 313 g/mol. The van der Waals surface area contributed by atoms with Crippen LogP contribution in [0.3, 0.4) is 0 Å². The molecular formula is C11H14BrF3N2O. The van der Waals surface area contributed by atoms with Gasteiger partial charge in [0.05, 0.1) is 0 Å². The van der Waals surface area contributed by atoms with Crippen molar-refractivity contribution in [1.82, 2.24) is 9.47 Å². The fraction of sp³-hybridized carbons (Fsp3) is 0.545. The Bertz CT molecular complexity index is 440. The summed E-state index contributed by atoms with van der Waals surface area (Å²) in [4.78, 5) is 12.6. The molecule has 0 aliphatic carbocycles. The summed E-state index contributed by atoms with van der Waals surface area (Å²) in [5.41, 5.74) is 0.239. The third-order valence-electron chi connectivity index (χ3n) is 2.35. The molecule has 1 heterocycles. The van der Waals surface area contributed by atoms with Gasteiger partial charge in [-0.1, -0.05) is 0 Å². The molecule has 0 atom stereocenters. The van der Waals surface area contributed by atoms with Crippen molar-refractivity contribution in [2.24, 2.45) is 0 Å². The van der Waals surface area contributed by atoms with Gasteiger partial charge in [0.1, 0.15) is 12.2 Å². The summed E-state index contributed by atoms with van der Waals surface area (Å²) in [5.74, 6) is -0.647. The fourth-order valence-corrected chi connectivity index (χ4v) is 2.02. The Morgan fingerprint density at radius 3 is 2.50 bits per heavy atom. The van der Waals surface area contributed by atoms with E-state index in [0.717, 1.165) is 7.05 Å². The highest BCUT2D eigenvalue weighted by Gasteiger charge is 2.32. The summed E-state index contributed by atoms with van der Waals surface area (Å²) >= 11 is 3.22. The first-order valence-electron chi connectivity index (χ1n) is 5.31. The molecule has 7 heteroatoms. The van der Waals surface area contributed by atoms with E-state index in [2.05, 4.69) is 15.9 Å². The summed E-state index contributed by atoms with van der Waals surface area (Å²) in [6.07, 6.45) is -2.71. The van der Waals surface area contributed by atoms with Crippen molar-refractivity contribution in [3.8, 4) is 0 Å². The van der Waals surface area contributed by atoms with Crippen LogP contribution in [-0.4, -0.2) is 35.1 Å². The first-order chi connectivity index (χ1) is 8.11. The molecule has 0 aliphatic rings. The van der Waals surface area contributed by atoms with Gasteiger partial charge in [-0.05, 0) is 35.8 Å². The Labute approximate surface area is 112 Å². The van der Waals surface area contributed by atoms with Gasteiger partial charge in [0.25, 0.3) is 5.91 Å². The van der Waals surface area contributed by atoms with E-state index in [9.17, 15) is 18.0 Å². The van der Waals surface area contributed by atoms with Gasteiger partial charge in [0.2, 0.25) is 0 Å². The third kappa shape index (κ3) is 3.76. The first kappa shape index (κ1) is 15.1. The molecule has 18 heavy (non-hydrogen) atoms. The minimum Gasteiger partial charge on any atom is -0.340 e. The molecule has 0 radical (unpaired) electrons. The van der Waals surface area contributed by atoms with E-state index in [1.54, 1.807) is 10.8 Å². The van der Waals surface area contributed by atoms with Gasteiger partial charge in [-0.3, -0.25) is 4.79 Å². The molecule has 1 aromatic heterocycles. The van der Waals surface area contributed by atoms with Crippen LogP contribution in [-0.2, 0) is 0 Å². The van der Waals surface area contributed by atoms with Crippen molar-refractivity contribution >= 4 is 21.8 Å². The zero-order valence-electron chi connectivity index (χ0n) is 10.3. The fourth-order valence-electron chi connectivity index (χ4n) is 1.58. The highest BCUT2D eigenvalue weighted by atomic mass is 79.9. The van der Waals surface area contributed by atoms with Gasteiger partial charge in [-0.2, -0.15) is 13.2 Å². The minimum absolute atomic E-state index is 0.00506. The lowest BCUT2D eigenvalue weighted by molar-refractivity contribution is -0.138. The second-order valence-corrected chi connectivity index (χ2v) is 5.24. The molecule has 0 N–H and O–H groups in total. The summed E-state index contributed by atoms with van der Waals surface area (Å²) in [7, 11) is 1.14. The summed E-state index contributed by atoms with van der Waals surface area (Å²) in [6, 6.07) is 1.52. The van der Waals surface area contributed by atoms with E-state index in [0.29, 0.717) is 9.37 Å². The van der Waals surface area contributed by atoms with Crippen LogP contribution in [0, 0.1) is 0 Å². The Hall–Kier alpha value is -0.980. The normalized spacial score (nSPS) is 12.0. The van der Waals surface area contributed by atoms with Crippen LogP contribution in [0.4, 0.5) is 13.2 Å². The number of carbonyl (C=O) groups excluding carboxylic acids is 1. The Morgan fingerprint density at radius 1 is 1.50 bits per heavy atom. The lowest BCUT2D eigenvalue weighted by atomic mass is 10.3. The van der Waals surface area contributed by atoms with Gasteiger partial charge in [0, 0.05) is 23.8 Å². The van der Waals surface area contributed by atoms with Crippen LogP contribution in [0.2, 0.25) is 0 Å². The number of nitrogens with zero attached hydrogens (tertiary/aromatic N) is 2. The lowest BCUT2D eigenvalue weighted by Gasteiger charge is -2.20. The zero-order valence-corrected chi connectivity index (χ0v) is 11.8. The molecule has 0 fully saturated rings. The van der Waals surface area contributed by atoms with Crippen molar-refractivity contribution in [2.75, 3.05) is 13.6 Å². The van der Waals surface area contributed by atoms with E-state index in [1.807, 2.05) is 13.8 Å². The van der Waals surface area contributed by atoms with Crippen LogP contribution in [0.15, 0.2) is 16.7 Å². The maximum atomic E-state index is 12.2. The highest BCUT2D eigenvalue weighted by molar-refractivity contribution is 9.10. The van der Waals surface area contributed by atoms with Crippen molar-refractivity contribution < 1.29 is 18.0 Å². The van der Waals surface area contributed by atoms with Crippen LogP contribution in [0.5, 0.6) is 0 Å². The number of hydrogen-bond acceptors (Lipinski definition) is 1. The number of rotatable bonds is 3. The van der Waals surface area contributed by atoms with Gasteiger partial charge >= 0.3 is 6.18 Å². The standard InChI is InChI=1S/C11H14BrF3N2O/c1-7(2)17-5-8(12)4-9(17)10(18)16(3)6-11(13,14)15/h4-5,7H,6H2,1-3H3. The SMILES string of the molecule is CC(C)n1cc(Br)cc1C(=O)N(C)CC(F)(F)F. The van der Waals surface area contributed by atoms with Crippen LogP contribution in [0.1, 0.15) is 30.4 Å². The monoisotopic (exact) mass is 326 g/mol. The average Bonchev–Trinajstić information content (AvgIpc) is 2.56. The van der Waals surface area contributed by atoms with E-state index >= 15 is 0 Å². The molecule has 0 spiro atoms. The van der Waals surface area contributed by atoms with Crippen molar-refractivity contribution in [3.63, 3.8) is 0 Å². The van der Waals surface area contributed by atoms with Gasteiger partial charge in [-0.15, -0.1) is 0 Å². The van der Waals surface area contributed by atoms with Crippen LogP contribution < -0.4 is 0 Å². The van der Waals surface area contributed by atoms with Crippen molar-refractivity contribution in [2.45, 2.75) is 26.1 Å². The molecule has 1 aromatic rings. The number of carbonyl (C=O) groups is 1. The Morgan fingerprint density at radius 2 is 2.06 bits per heavy atom. The number of hydrogen-bond donors (Lipinski definition) is 0. The summed E-state index contributed by atoms with van der Waals surface area (Å²) in [6.45, 7) is 2.45. The average molecular weight is 327 g/mol. The number of aromatic nitrogens is 1. The molecule has 0 saturated carbocycles. The molecule has 1 amide bonds. The van der Waals surface area contributed by atoms with Gasteiger partial charge in [-0.25, -0.2) is 0 Å². The quantitative estimate of drug-likeness (QED) is 0.835.